The van der Waals surface area contributed by atoms with E-state index in [1.54, 1.807) is 0 Å². The van der Waals surface area contributed by atoms with Gasteiger partial charge < -0.3 is 10.7 Å². The third-order valence-corrected chi connectivity index (χ3v) is 2.26. The Labute approximate surface area is 93.2 Å². The summed E-state index contributed by atoms with van der Waals surface area (Å²) in [4.78, 5) is 17.9. The van der Waals surface area contributed by atoms with Crippen LogP contribution >= 0.6 is 0 Å². The molecule has 0 saturated heterocycles. The molecule has 1 aromatic heterocycles. The van der Waals surface area contributed by atoms with E-state index >= 15 is 0 Å². The number of nitrogens with two attached hydrogens (primary N) is 1. The van der Waals surface area contributed by atoms with Crippen molar-refractivity contribution in [2.75, 3.05) is 5.73 Å². The van der Waals surface area contributed by atoms with Crippen LogP contribution in [0.5, 0.6) is 0 Å². The minimum Gasteiger partial charge on any atom is -0.383 e. The standard InChI is InChI=1S/C12H13N3O/c1-8-3-2-4-9(5-8)6-11-14-10(13)7-12(16)15-11/h2-5,7H,6H2,1H3,(H3,13,14,15,16). The first-order valence-corrected chi connectivity index (χ1v) is 5.05. The van der Waals surface area contributed by atoms with Crippen LogP contribution < -0.4 is 11.3 Å². The average Bonchev–Trinajstić information content (AvgIpc) is 2.15. The van der Waals surface area contributed by atoms with Gasteiger partial charge in [0, 0.05) is 12.5 Å². The molecular formula is C12H13N3O. The second-order valence-corrected chi connectivity index (χ2v) is 3.78. The van der Waals surface area contributed by atoms with E-state index in [4.69, 9.17) is 5.73 Å². The van der Waals surface area contributed by atoms with E-state index < -0.39 is 0 Å². The molecule has 0 radical (unpaired) electrons. The molecule has 0 bridgehead atoms. The van der Waals surface area contributed by atoms with Crippen LogP contribution in [0.15, 0.2) is 35.1 Å². The number of nitrogens with zero attached hydrogens (tertiary/aromatic N) is 1. The van der Waals surface area contributed by atoms with Gasteiger partial charge in [0.15, 0.2) is 0 Å². The lowest BCUT2D eigenvalue weighted by molar-refractivity contribution is 0.951. The van der Waals surface area contributed by atoms with E-state index in [2.05, 4.69) is 16.0 Å². The van der Waals surface area contributed by atoms with Gasteiger partial charge in [0.2, 0.25) is 0 Å². The van der Waals surface area contributed by atoms with Gasteiger partial charge in [-0.3, -0.25) is 4.79 Å². The molecule has 0 aliphatic rings. The molecule has 0 aliphatic heterocycles. The van der Waals surface area contributed by atoms with Crippen molar-refractivity contribution < 1.29 is 0 Å². The summed E-state index contributed by atoms with van der Waals surface area (Å²) in [6, 6.07) is 9.34. The minimum absolute atomic E-state index is 0.213. The molecule has 0 unspecified atom stereocenters. The number of H-pyrrole nitrogens is 1. The van der Waals surface area contributed by atoms with Gasteiger partial charge in [-0.05, 0) is 12.5 Å². The molecule has 0 atom stereocenters. The number of anilines is 1. The Morgan fingerprint density at radius 1 is 1.38 bits per heavy atom. The Hall–Kier alpha value is -2.10. The smallest absolute Gasteiger partial charge is 0.252 e. The highest BCUT2D eigenvalue weighted by atomic mass is 16.1. The summed E-state index contributed by atoms with van der Waals surface area (Å²) < 4.78 is 0. The fourth-order valence-electron chi connectivity index (χ4n) is 1.63. The maximum Gasteiger partial charge on any atom is 0.252 e. The Bertz CT molecular complexity index is 560. The zero-order valence-corrected chi connectivity index (χ0v) is 9.03. The van der Waals surface area contributed by atoms with Crippen molar-refractivity contribution in [2.24, 2.45) is 0 Å². The van der Waals surface area contributed by atoms with Crippen molar-refractivity contribution >= 4 is 5.82 Å². The third kappa shape index (κ3) is 2.48. The SMILES string of the molecule is Cc1cccc(Cc2nc(N)cc(=O)[nH]2)c1. The zero-order valence-electron chi connectivity index (χ0n) is 9.03. The van der Waals surface area contributed by atoms with E-state index in [1.807, 2.05) is 25.1 Å². The predicted octanol–water partition coefficient (Wildman–Crippen LogP) is 1.25. The predicted molar refractivity (Wildman–Crippen MR) is 63.3 cm³/mol. The number of aromatic amines is 1. The van der Waals surface area contributed by atoms with Crippen LogP contribution in [0.1, 0.15) is 17.0 Å². The molecule has 0 fully saturated rings. The van der Waals surface area contributed by atoms with E-state index in [1.165, 1.54) is 11.6 Å². The molecule has 2 rings (SSSR count). The maximum atomic E-state index is 11.2. The minimum atomic E-state index is -0.213. The van der Waals surface area contributed by atoms with Gasteiger partial charge in [-0.25, -0.2) is 4.98 Å². The van der Waals surface area contributed by atoms with Gasteiger partial charge in [-0.15, -0.1) is 0 Å². The number of nitrogens with one attached hydrogen (secondary N) is 1. The number of aryl methyl sites for hydroxylation is 1. The lowest BCUT2D eigenvalue weighted by Gasteiger charge is -2.02. The van der Waals surface area contributed by atoms with Crippen LogP contribution in [0, 0.1) is 6.92 Å². The lowest BCUT2D eigenvalue weighted by Crippen LogP contribution is -2.12. The topological polar surface area (TPSA) is 71.8 Å². The molecule has 0 spiro atoms. The molecule has 1 heterocycles. The molecule has 0 amide bonds. The zero-order chi connectivity index (χ0) is 11.5. The summed E-state index contributed by atoms with van der Waals surface area (Å²) in [5.41, 5.74) is 7.59. The monoisotopic (exact) mass is 215 g/mol. The number of aromatic nitrogens is 2. The van der Waals surface area contributed by atoms with Crippen LogP contribution in [0.2, 0.25) is 0 Å². The number of hydrogen-bond acceptors (Lipinski definition) is 3. The molecule has 3 N–H and O–H groups in total. The molecule has 82 valence electrons. The van der Waals surface area contributed by atoms with Gasteiger partial charge in [0.25, 0.3) is 5.56 Å². The van der Waals surface area contributed by atoms with Crippen molar-refractivity contribution in [3.05, 3.63) is 57.6 Å². The average molecular weight is 215 g/mol. The van der Waals surface area contributed by atoms with E-state index in [9.17, 15) is 4.79 Å². The van der Waals surface area contributed by atoms with Crippen molar-refractivity contribution in [3.63, 3.8) is 0 Å². The second kappa shape index (κ2) is 4.18. The summed E-state index contributed by atoms with van der Waals surface area (Å²) in [5, 5.41) is 0. The molecule has 4 heteroatoms. The normalized spacial score (nSPS) is 10.3. The molecule has 0 aliphatic carbocycles. The molecule has 2 aromatic rings. The van der Waals surface area contributed by atoms with Gasteiger partial charge in [-0.1, -0.05) is 29.8 Å². The highest BCUT2D eigenvalue weighted by molar-refractivity contribution is 5.28. The Balaban J connectivity index is 2.30. The van der Waals surface area contributed by atoms with Crippen LogP contribution in [0.4, 0.5) is 5.82 Å². The van der Waals surface area contributed by atoms with Gasteiger partial charge >= 0.3 is 0 Å². The molecule has 0 saturated carbocycles. The van der Waals surface area contributed by atoms with Crippen LogP contribution in [0.25, 0.3) is 0 Å². The fourth-order valence-corrected chi connectivity index (χ4v) is 1.63. The summed E-state index contributed by atoms with van der Waals surface area (Å²) in [7, 11) is 0. The first kappa shape index (κ1) is 10.4. The van der Waals surface area contributed by atoms with Gasteiger partial charge in [0.05, 0.1) is 0 Å². The Morgan fingerprint density at radius 3 is 2.88 bits per heavy atom. The highest BCUT2D eigenvalue weighted by Crippen LogP contribution is 2.07. The number of rotatable bonds is 2. The van der Waals surface area contributed by atoms with Crippen LogP contribution in [-0.2, 0) is 6.42 Å². The number of benzene rings is 1. The quantitative estimate of drug-likeness (QED) is 0.792. The molecule has 16 heavy (non-hydrogen) atoms. The van der Waals surface area contributed by atoms with Crippen molar-refractivity contribution in [1.82, 2.24) is 9.97 Å². The van der Waals surface area contributed by atoms with Crippen LogP contribution in [-0.4, -0.2) is 9.97 Å². The third-order valence-electron chi connectivity index (χ3n) is 2.26. The Morgan fingerprint density at radius 2 is 2.19 bits per heavy atom. The summed E-state index contributed by atoms with van der Waals surface area (Å²) in [6.07, 6.45) is 0.585. The van der Waals surface area contributed by atoms with E-state index in [0.29, 0.717) is 12.2 Å². The molecule has 1 aromatic carbocycles. The largest absolute Gasteiger partial charge is 0.383 e. The lowest BCUT2D eigenvalue weighted by atomic mass is 10.1. The summed E-state index contributed by atoms with van der Waals surface area (Å²) in [6.45, 7) is 2.03. The van der Waals surface area contributed by atoms with Crippen molar-refractivity contribution in [3.8, 4) is 0 Å². The van der Waals surface area contributed by atoms with Crippen molar-refractivity contribution in [1.29, 1.82) is 0 Å². The number of hydrogen-bond donors (Lipinski definition) is 2. The Kier molecular flexibility index (Phi) is 2.72. The summed E-state index contributed by atoms with van der Waals surface area (Å²) >= 11 is 0. The summed E-state index contributed by atoms with van der Waals surface area (Å²) in [5.74, 6) is 0.849. The molecular weight excluding hydrogens is 202 g/mol. The fraction of sp³-hybridized carbons (Fsp3) is 0.167. The second-order valence-electron chi connectivity index (χ2n) is 3.78. The van der Waals surface area contributed by atoms with E-state index in [0.717, 1.165) is 5.56 Å². The highest BCUT2D eigenvalue weighted by Gasteiger charge is 2.00. The first-order chi connectivity index (χ1) is 7.63. The number of nitrogen functional groups attached to an aromatic ring is 1. The van der Waals surface area contributed by atoms with Crippen molar-refractivity contribution in [2.45, 2.75) is 13.3 Å². The molecule has 4 nitrogen and oxygen atoms in total. The first-order valence-electron chi connectivity index (χ1n) is 5.05. The van der Waals surface area contributed by atoms with Crippen LogP contribution in [0.3, 0.4) is 0 Å². The van der Waals surface area contributed by atoms with E-state index in [-0.39, 0.29) is 11.4 Å². The van der Waals surface area contributed by atoms with Gasteiger partial charge in [0.1, 0.15) is 11.6 Å². The maximum absolute atomic E-state index is 11.2. The van der Waals surface area contributed by atoms with Gasteiger partial charge in [-0.2, -0.15) is 0 Å².